The van der Waals surface area contributed by atoms with E-state index >= 15 is 0 Å². The van der Waals surface area contributed by atoms with Gasteiger partial charge in [0.2, 0.25) is 11.8 Å². The van der Waals surface area contributed by atoms with Gasteiger partial charge in [0.05, 0.1) is 6.54 Å². The van der Waals surface area contributed by atoms with Gasteiger partial charge >= 0.3 is 0 Å². The number of aromatic nitrogens is 2. The molecule has 2 rings (SSSR count). The van der Waals surface area contributed by atoms with Crippen LogP contribution in [0.15, 0.2) is 34.7 Å². The van der Waals surface area contributed by atoms with Crippen molar-refractivity contribution in [3.05, 3.63) is 36.2 Å². The molecule has 0 fully saturated rings. The van der Waals surface area contributed by atoms with E-state index in [1.165, 1.54) is 0 Å². The number of hydrogen-bond donors (Lipinski definition) is 1. The van der Waals surface area contributed by atoms with Gasteiger partial charge in [0, 0.05) is 24.8 Å². The molecule has 0 saturated carbocycles. The molecule has 1 heterocycles. The Morgan fingerprint density at radius 3 is 2.60 bits per heavy atom. The number of nitrogens with zero attached hydrogens (tertiary/aromatic N) is 3. The van der Waals surface area contributed by atoms with Crippen molar-refractivity contribution < 1.29 is 9.52 Å². The van der Waals surface area contributed by atoms with Gasteiger partial charge in [-0.1, -0.05) is 18.2 Å². The summed E-state index contributed by atoms with van der Waals surface area (Å²) in [7, 11) is 0. The monoisotopic (exact) mass is 275 g/mol. The van der Waals surface area contributed by atoms with Crippen LogP contribution in [0.4, 0.5) is 0 Å². The van der Waals surface area contributed by atoms with Crippen LogP contribution in [0.5, 0.6) is 0 Å². The second kappa shape index (κ2) is 7.17. The molecule has 0 aliphatic heterocycles. The summed E-state index contributed by atoms with van der Waals surface area (Å²) in [6.45, 7) is 5.86. The average Bonchev–Trinajstić information content (AvgIpc) is 2.92. The van der Waals surface area contributed by atoms with Crippen molar-refractivity contribution >= 4 is 0 Å². The van der Waals surface area contributed by atoms with Crippen molar-refractivity contribution in [2.75, 3.05) is 13.2 Å². The van der Waals surface area contributed by atoms with Gasteiger partial charge in [-0.2, -0.15) is 0 Å². The maximum atomic E-state index is 8.94. The molecule has 0 bridgehead atoms. The predicted molar refractivity (Wildman–Crippen MR) is 77.0 cm³/mol. The molecule has 1 aromatic heterocycles. The fourth-order valence-electron chi connectivity index (χ4n) is 1.98. The van der Waals surface area contributed by atoms with E-state index in [-0.39, 0.29) is 6.61 Å². The van der Waals surface area contributed by atoms with Crippen molar-refractivity contribution in [1.29, 1.82) is 0 Å². The second-order valence-electron chi connectivity index (χ2n) is 5.01. The van der Waals surface area contributed by atoms with Crippen LogP contribution < -0.4 is 0 Å². The van der Waals surface area contributed by atoms with Crippen LogP contribution in [0.1, 0.15) is 26.2 Å². The van der Waals surface area contributed by atoms with E-state index in [0.717, 1.165) is 18.5 Å². The molecule has 0 aliphatic rings. The Morgan fingerprint density at radius 2 is 1.95 bits per heavy atom. The van der Waals surface area contributed by atoms with Gasteiger partial charge in [-0.25, -0.2) is 0 Å². The van der Waals surface area contributed by atoms with Gasteiger partial charge < -0.3 is 9.52 Å². The molecule has 5 heteroatoms. The summed E-state index contributed by atoms with van der Waals surface area (Å²) in [4.78, 5) is 2.21. The van der Waals surface area contributed by atoms with Crippen molar-refractivity contribution in [1.82, 2.24) is 15.1 Å². The van der Waals surface area contributed by atoms with E-state index in [2.05, 4.69) is 28.9 Å². The van der Waals surface area contributed by atoms with E-state index in [0.29, 0.717) is 24.4 Å². The largest absolute Gasteiger partial charge is 0.419 e. The SMILES string of the molecule is CC(C)N(CCCO)Cc1nnc(-c2ccccc2)o1. The van der Waals surface area contributed by atoms with E-state index in [9.17, 15) is 0 Å². The highest BCUT2D eigenvalue weighted by Crippen LogP contribution is 2.18. The first-order valence-electron chi connectivity index (χ1n) is 6.93. The second-order valence-corrected chi connectivity index (χ2v) is 5.01. The molecular formula is C15H21N3O2. The van der Waals surface area contributed by atoms with Crippen molar-refractivity contribution in [3.8, 4) is 11.5 Å². The maximum Gasteiger partial charge on any atom is 0.247 e. The molecule has 20 heavy (non-hydrogen) atoms. The summed E-state index contributed by atoms with van der Waals surface area (Å²) >= 11 is 0. The van der Waals surface area contributed by atoms with Gasteiger partial charge in [0.15, 0.2) is 0 Å². The highest BCUT2D eigenvalue weighted by molar-refractivity contribution is 5.51. The topological polar surface area (TPSA) is 62.4 Å². The van der Waals surface area contributed by atoms with Gasteiger partial charge in [0.25, 0.3) is 0 Å². The molecule has 5 nitrogen and oxygen atoms in total. The minimum atomic E-state index is 0.197. The Hall–Kier alpha value is -1.72. The van der Waals surface area contributed by atoms with E-state index < -0.39 is 0 Å². The zero-order chi connectivity index (χ0) is 14.4. The smallest absolute Gasteiger partial charge is 0.247 e. The molecule has 1 N–H and O–H groups in total. The van der Waals surface area contributed by atoms with Gasteiger partial charge in [-0.15, -0.1) is 10.2 Å². The lowest BCUT2D eigenvalue weighted by Gasteiger charge is -2.24. The average molecular weight is 275 g/mol. The minimum absolute atomic E-state index is 0.197. The Labute approximate surface area is 119 Å². The molecule has 2 aromatic rings. The first-order valence-corrected chi connectivity index (χ1v) is 6.93. The van der Waals surface area contributed by atoms with Crippen LogP contribution >= 0.6 is 0 Å². The zero-order valence-corrected chi connectivity index (χ0v) is 12.0. The summed E-state index contributed by atoms with van der Waals surface area (Å²) < 4.78 is 5.70. The van der Waals surface area contributed by atoms with E-state index in [1.54, 1.807) is 0 Å². The molecule has 0 aliphatic carbocycles. The van der Waals surface area contributed by atoms with Crippen LogP contribution in [-0.4, -0.2) is 39.4 Å². The zero-order valence-electron chi connectivity index (χ0n) is 12.0. The quantitative estimate of drug-likeness (QED) is 0.840. The third kappa shape index (κ3) is 3.88. The first kappa shape index (κ1) is 14.7. The summed E-state index contributed by atoms with van der Waals surface area (Å²) in [6, 6.07) is 10.1. The number of aliphatic hydroxyl groups excluding tert-OH is 1. The Morgan fingerprint density at radius 1 is 1.20 bits per heavy atom. The molecule has 0 radical (unpaired) electrons. The standard InChI is InChI=1S/C15H21N3O2/c1-12(2)18(9-6-10-19)11-14-16-17-15(20-14)13-7-4-3-5-8-13/h3-5,7-8,12,19H,6,9-11H2,1-2H3. The summed E-state index contributed by atoms with van der Waals surface area (Å²) in [5.74, 6) is 1.15. The number of rotatable bonds is 7. The van der Waals surface area contributed by atoms with Crippen LogP contribution in [0.2, 0.25) is 0 Å². The Bertz CT molecular complexity index is 511. The molecule has 0 amide bonds. The lowest BCUT2D eigenvalue weighted by Crippen LogP contribution is -2.31. The van der Waals surface area contributed by atoms with Crippen LogP contribution in [0.25, 0.3) is 11.5 Å². The Balaban J connectivity index is 2.04. The van der Waals surface area contributed by atoms with Crippen LogP contribution in [0, 0.1) is 0 Å². The number of benzene rings is 1. The molecule has 108 valence electrons. The molecule has 0 unspecified atom stereocenters. The third-order valence-corrected chi connectivity index (χ3v) is 3.16. The number of aliphatic hydroxyl groups is 1. The summed E-state index contributed by atoms with van der Waals surface area (Å²) in [6.07, 6.45) is 0.748. The van der Waals surface area contributed by atoms with Gasteiger partial charge in [0.1, 0.15) is 0 Å². The van der Waals surface area contributed by atoms with Crippen molar-refractivity contribution in [3.63, 3.8) is 0 Å². The summed E-state index contributed by atoms with van der Waals surface area (Å²) in [5, 5.41) is 17.1. The highest BCUT2D eigenvalue weighted by atomic mass is 16.4. The molecule has 0 atom stereocenters. The maximum absolute atomic E-state index is 8.94. The van der Waals surface area contributed by atoms with Crippen LogP contribution in [-0.2, 0) is 6.54 Å². The summed E-state index contributed by atoms with van der Waals surface area (Å²) in [5.41, 5.74) is 0.928. The third-order valence-electron chi connectivity index (χ3n) is 3.16. The molecular weight excluding hydrogens is 254 g/mol. The number of hydrogen-bond acceptors (Lipinski definition) is 5. The minimum Gasteiger partial charge on any atom is -0.419 e. The normalized spacial score (nSPS) is 11.4. The lowest BCUT2D eigenvalue weighted by atomic mass is 10.2. The van der Waals surface area contributed by atoms with Crippen LogP contribution in [0.3, 0.4) is 0 Å². The Kier molecular flexibility index (Phi) is 5.26. The van der Waals surface area contributed by atoms with Crippen molar-refractivity contribution in [2.45, 2.75) is 32.9 Å². The van der Waals surface area contributed by atoms with Crippen molar-refractivity contribution in [2.24, 2.45) is 0 Å². The fourth-order valence-corrected chi connectivity index (χ4v) is 1.98. The van der Waals surface area contributed by atoms with Gasteiger partial charge in [-0.3, -0.25) is 4.90 Å². The molecule has 0 spiro atoms. The highest BCUT2D eigenvalue weighted by Gasteiger charge is 2.14. The lowest BCUT2D eigenvalue weighted by molar-refractivity contribution is 0.171. The van der Waals surface area contributed by atoms with E-state index in [1.807, 2.05) is 30.3 Å². The predicted octanol–water partition coefficient (Wildman–Crippen LogP) is 2.33. The molecule has 1 aromatic carbocycles. The first-order chi connectivity index (χ1) is 9.70. The fraction of sp³-hybridized carbons (Fsp3) is 0.467. The van der Waals surface area contributed by atoms with E-state index in [4.69, 9.17) is 9.52 Å². The van der Waals surface area contributed by atoms with Gasteiger partial charge in [-0.05, 0) is 32.4 Å². The molecule has 0 saturated heterocycles.